The highest BCUT2D eigenvalue weighted by atomic mass is 19.4. The third kappa shape index (κ3) is 5.31. The van der Waals surface area contributed by atoms with Crippen molar-refractivity contribution >= 4 is 23.4 Å². The van der Waals surface area contributed by atoms with E-state index in [1.807, 2.05) is 18.2 Å². The van der Waals surface area contributed by atoms with Crippen molar-refractivity contribution in [3.8, 4) is 22.6 Å². The van der Waals surface area contributed by atoms with Crippen LogP contribution in [-0.2, 0) is 9.53 Å². The van der Waals surface area contributed by atoms with Crippen molar-refractivity contribution in [1.29, 1.82) is 0 Å². The molecule has 1 atom stereocenters. The molecule has 1 aliphatic carbocycles. The first-order chi connectivity index (χ1) is 19.7. The van der Waals surface area contributed by atoms with Crippen LogP contribution >= 0.6 is 0 Å². The van der Waals surface area contributed by atoms with E-state index in [0.717, 1.165) is 5.56 Å². The zero-order valence-corrected chi connectivity index (χ0v) is 21.9. The quantitative estimate of drug-likeness (QED) is 0.311. The number of ether oxygens (including phenoxy) is 1. The number of carboxylic acid groups (broad SMARTS) is 1. The number of hydrogen-bond acceptors (Lipinski definition) is 6. The molecule has 4 aromatic rings. The molecule has 6 rings (SSSR count). The fourth-order valence-electron chi connectivity index (χ4n) is 5.67. The lowest BCUT2D eigenvalue weighted by molar-refractivity contribution is -0.184. The number of carbonyl (C=O) groups is 2. The second-order valence-electron chi connectivity index (χ2n) is 10.5. The molecule has 0 spiro atoms. The average Bonchev–Trinajstić information content (AvgIpc) is 3.73. The van der Waals surface area contributed by atoms with Crippen LogP contribution < -0.4 is 4.90 Å². The molecule has 2 aliphatic rings. The Morgan fingerprint density at radius 1 is 1.02 bits per heavy atom. The van der Waals surface area contributed by atoms with Crippen LogP contribution in [0.1, 0.15) is 42.5 Å². The van der Waals surface area contributed by atoms with Crippen molar-refractivity contribution in [2.75, 3.05) is 18.1 Å². The van der Waals surface area contributed by atoms with Crippen molar-refractivity contribution in [3.63, 3.8) is 0 Å². The number of anilines is 1. The number of fused-ring (bicyclic) bond motifs is 1. The van der Waals surface area contributed by atoms with Gasteiger partial charge in [-0.2, -0.15) is 18.3 Å². The molecule has 1 saturated carbocycles. The largest absolute Gasteiger partial charge is 0.477 e. The van der Waals surface area contributed by atoms with E-state index in [2.05, 4.69) is 10.1 Å². The third-order valence-corrected chi connectivity index (χ3v) is 7.91. The molecule has 3 aromatic heterocycles. The predicted octanol–water partition coefficient (Wildman–Crippen LogP) is 5.85. The minimum absolute atomic E-state index is 0.0725. The molecule has 0 radical (unpaired) electrons. The Hall–Kier alpha value is -4.19. The van der Waals surface area contributed by atoms with Gasteiger partial charge in [-0.1, -0.05) is 24.3 Å². The van der Waals surface area contributed by atoms with E-state index in [9.17, 15) is 27.9 Å². The van der Waals surface area contributed by atoms with Gasteiger partial charge in [0.2, 0.25) is 11.8 Å². The highest BCUT2D eigenvalue weighted by Gasteiger charge is 2.45. The smallest absolute Gasteiger partial charge is 0.391 e. The summed E-state index contributed by atoms with van der Waals surface area (Å²) in [5, 5.41) is 14.5. The Morgan fingerprint density at radius 2 is 1.76 bits per heavy atom. The first-order valence-electron chi connectivity index (χ1n) is 13.4. The Labute approximate surface area is 232 Å². The number of carboxylic acids is 1. The van der Waals surface area contributed by atoms with Gasteiger partial charge in [0.25, 0.3) is 0 Å². The summed E-state index contributed by atoms with van der Waals surface area (Å²) in [6.07, 6.45) is -0.498. The summed E-state index contributed by atoms with van der Waals surface area (Å²) in [6, 6.07) is 11.7. The van der Waals surface area contributed by atoms with Gasteiger partial charge in [0, 0.05) is 48.2 Å². The van der Waals surface area contributed by atoms with Crippen molar-refractivity contribution in [3.05, 3.63) is 60.4 Å². The highest BCUT2D eigenvalue weighted by molar-refractivity contribution is 6.02. The van der Waals surface area contributed by atoms with Gasteiger partial charge in [0.05, 0.1) is 24.3 Å². The van der Waals surface area contributed by atoms with E-state index in [1.54, 1.807) is 35.1 Å². The average molecular weight is 569 g/mol. The minimum Gasteiger partial charge on any atom is -0.477 e. The Morgan fingerprint density at radius 3 is 2.39 bits per heavy atom. The molecule has 4 heterocycles. The predicted molar refractivity (Wildman–Crippen MR) is 141 cm³/mol. The number of rotatable bonds is 6. The summed E-state index contributed by atoms with van der Waals surface area (Å²) >= 11 is 0. The van der Waals surface area contributed by atoms with E-state index in [1.165, 1.54) is 11.0 Å². The Bertz CT molecular complexity index is 1530. The molecule has 1 unspecified atom stereocenters. The summed E-state index contributed by atoms with van der Waals surface area (Å²) < 4.78 is 52.9. The number of amides is 1. The molecule has 1 aromatic carbocycles. The molecule has 2 fully saturated rings. The van der Waals surface area contributed by atoms with Gasteiger partial charge in [0.1, 0.15) is 11.3 Å². The standard InChI is InChI=1S/C29H27F3N4O5/c30-29(31,32)20-8-6-19(7-9-20)26(37)36(21-10-13-40-16-21)27-22(28(38)39)14-24(41-27)18-4-2-17(3-5-18)23-15-25-33-11-1-12-35(25)34-23/h1-5,11-12,14-15,19-21H,6-10,13,16H2,(H,38,39)/t19-,20-,21?. The maximum Gasteiger partial charge on any atom is 0.391 e. The number of carbonyl (C=O) groups excluding carboxylic acids is 1. The zero-order chi connectivity index (χ0) is 28.7. The van der Waals surface area contributed by atoms with Crippen LogP contribution in [0.5, 0.6) is 0 Å². The third-order valence-electron chi connectivity index (χ3n) is 7.91. The van der Waals surface area contributed by atoms with Crippen LogP contribution in [0.4, 0.5) is 19.1 Å². The lowest BCUT2D eigenvalue weighted by Crippen LogP contribution is -2.46. The number of aromatic nitrogens is 3. The molecule has 1 saturated heterocycles. The van der Waals surface area contributed by atoms with Crippen molar-refractivity contribution in [2.24, 2.45) is 11.8 Å². The Balaban J connectivity index is 1.30. The van der Waals surface area contributed by atoms with Gasteiger partial charge in [-0.15, -0.1) is 0 Å². The second kappa shape index (κ2) is 10.7. The van der Waals surface area contributed by atoms with E-state index in [0.29, 0.717) is 29.9 Å². The van der Waals surface area contributed by atoms with Gasteiger partial charge in [0.15, 0.2) is 5.65 Å². The van der Waals surface area contributed by atoms with Gasteiger partial charge in [-0.25, -0.2) is 14.3 Å². The van der Waals surface area contributed by atoms with Crippen LogP contribution in [0.25, 0.3) is 28.2 Å². The van der Waals surface area contributed by atoms with Gasteiger partial charge < -0.3 is 14.3 Å². The first kappa shape index (κ1) is 27.0. The number of nitrogens with zero attached hydrogens (tertiary/aromatic N) is 4. The van der Waals surface area contributed by atoms with Gasteiger partial charge in [-0.3, -0.25) is 9.69 Å². The molecule has 1 aliphatic heterocycles. The maximum absolute atomic E-state index is 13.8. The van der Waals surface area contributed by atoms with Crippen LogP contribution in [0.2, 0.25) is 0 Å². The summed E-state index contributed by atoms with van der Waals surface area (Å²) in [6.45, 7) is 0.562. The molecular weight excluding hydrogens is 541 g/mol. The van der Waals surface area contributed by atoms with Crippen LogP contribution in [0.15, 0.2) is 59.3 Å². The first-order valence-corrected chi connectivity index (χ1v) is 13.4. The van der Waals surface area contributed by atoms with Gasteiger partial charge >= 0.3 is 12.1 Å². The van der Waals surface area contributed by atoms with E-state index >= 15 is 0 Å². The molecule has 1 N–H and O–H groups in total. The van der Waals surface area contributed by atoms with E-state index in [4.69, 9.17) is 9.15 Å². The monoisotopic (exact) mass is 568 g/mol. The number of alkyl halides is 3. The molecule has 9 nitrogen and oxygen atoms in total. The molecule has 214 valence electrons. The zero-order valence-electron chi connectivity index (χ0n) is 21.9. The Kier molecular flexibility index (Phi) is 7.02. The fourth-order valence-corrected chi connectivity index (χ4v) is 5.67. The van der Waals surface area contributed by atoms with E-state index < -0.39 is 35.9 Å². The molecule has 1 amide bonds. The topological polar surface area (TPSA) is 110 Å². The number of benzene rings is 1. The number of furan rings is 1. The lowest BCUT2D eigenvalue weighted by Gasteiger charge is -2.34. The van der Waals surface area contributed by atoms with Crippen LogP contribution in [0, 0.1) is 11.8 Å². The summed E-state index contributed by atoms with van der Waals surface area (Å²) in [5.41, 5.74) is 2.62. The molecule has 41 heavy (non-hydrogen) atoms. The summed E-state index contributed by atoms with van der Waals surface area (Å²) in [4.78, 5) is 31.6. The van der Waals surface area contributed by atoms with Crippen molar-refractivity contribution in [2.45, 2.75) is 44.3 Å². The number of aromatic carboxylic acids is 1. The normalized spacial score (nSPS) is 21.3. The number of halogens is 3. The molecule has 12 heteroatoms. The second-order valence-corrected chi connectivity index (χ2v) is 10.5. The molecular formula is C29H27F3N4O5. The van der Waals surface area contributed by atoms with Crippen LogP contribution in [-0.4, -0.2) is 57.0 Å². The van der Waals surface area contributed by atoms with Crippen molar-refractivity contribution in [1.82, 2.24) is 14.6 Å². The maximum atomic E-state index is 13.8. The highest BCUT2D eigenvalue weighted by Crippen LogP contribution is 2.42. The molecule has 0 bridgehead atoms. The van der Waals surface area contributed by atoms with Gasteiger partial charge in [-0.05, 0) is 38.2 Å². The fraction of sp³-hybridized carbons (Fsp3) is 0.379. The van der Waals surface area contributed by atoms with Crippen molar-refractivity contribution < 1.29 is 37.0 Å². The summed E-state index contributed by atoms with van der Waals surface area (Å²) in [5.74, 6) is -3.68. The SMILES string of the molecule is O=C(O)c1cc(-c2ccc(-c3cc4ncccn4n3)cc2)oc1N(C(=O)[C@H]1CC[C@H](C(F)(F)F)CC1)C1CCOC1. The summed E-state index contributed by atoms with van der Waals surface area (Å²) in [7, 11) is 0. The van der Waals surface area contributed by atoms with E-state index in [-0.39, 0.29) is 49.5 Å². The minimum atomic E-state index is -4.29. The van der Waals surface area contributed by atoms with Crippen LogP contribution in [0.3, 0.4) is 0 Å². The number of hydrogen-bond donors (Lipinski definition) is 1. The lowest BCUT2D eigenvalue weighted by atomic mass is 9.81.